The molecule has 0 unspecified atom stereocenters. The quantitative estimate of drug-likeness (QED) is 0.0724. The molecule has 0 saturated heterocycles. The van der Waals surface area contributed by atoms with Gasteiger partial charge in [-0.3, -0.25) is 21.7 Å². The van der Waals surface area contributed by atoms with Crippen LogP contribution in [-0.4, -0.2) is 22.8 Å². The number of nitrogens with zero attached hydrogens (tertiary/aromatic N) is 4. The Hall–Kier alpha value is -9.66. The van der Waals surface area contributed by atoms with Crippen molar-refractivity contribution in [3.8, 4) is 22.3 Å². The molecule has 8 nitrogen and oxygen atoms in total. The first kappa shape index (κ1) is 42.9. The highest BCUT2D eigenvalue weighted by atomic mass is 15.3. The van der Waals surface area contributed by atoms with E-state index < -0.39 is 0 Å². The Kier molecular flexibility index (Phi) is 11.8. The standard InChI is InChI=1S/C62H46N8/c63-59-13-5-7-15-61(59)67-65-51-27-37-55(38-28-51)69(57-35-25-43-9-1-3-11-49(43)41-57)53-31-21-47(22-32-53)45-17-19-46(20-18-45)48-23-33-54(34-24-48)70(58-36-26-44-10-2-4-12-50(44)42-58)56-39-29-52(30-40-56)66-68-62-16-8-6-14-60(62)64/h1-42,63-66H/b63-59?,64-60?,67-61-,68-62-. The maximum absolute atomic E-state index is 8.15. The Bertz CT molecular complexity index is 3360. The van der Waals surface area contributed by atoms with Crippen molar-refractivity contribution in [2.45, 2.75) is 0 Å². The molecule has 0 saturated carbocycles. The van der Waals surface area contributed by atoms with Crippen molar-refractivity contribution < 1.29 is 0 Å². The third-order valence-electron chi connectivity index (χ3n) is 12.5. The number of hydrazone groups is 2. The lowest BCUT2D eigenvalue weighted by atomic mass is 9.99. The predicted octanol–water partition coefficient (Wildman–Crippen LogP) is 16.1. The molecule has 0 bridgehead atoms. The van der Waals surface area contributed by atoms with Crippen molar-refractivity contribution in [2.24, 2.45) is 10.2 Å². The van der Waals surface area contributed by atoms with Crippen LogP contribution in [0.2, 0.25) is 0 Å². The minimum absolute atomic E-state index is 0.371. The highest BCUT2D eigenvalue weighted by molar-refractivity contribution is 6.50. The van der Waals surface area contributed by atoms with Gasteiger partial charge in [0, 0.05) is 34.1 Å². The van der Waals surface area contributed by atoms with Crippen molar-refractivity contribution in [1.29, 1.82) is 10.8 Å². The van der Waals surface area contributed by atoms with Gasteiger partial charge in [-0.05, 0) is 165 Å². The zero-order chi connectivity index (χ0) is 47.2. The number of fused-ring (bicyclic) bond motifs is 2. The van der Waals surface area contributed by atoms with E-state index >= 15 is 0 Å². The summed E-state index contributed by atoms with van der Waals surface area (Å²) in [6.45, 7) is 0. The van der Waals surface area contributed by atoms with Crippen molar-refractivity contribution in [2.75, 3.05) is 20.7 Å². The molecule has 0 aliphatic heterocycles. The van der Waals surface area contributed by atoms with E-state index in [1.54, 1.807) is 12.2 Å². The van der Waals surface area contributed by atoms with Crippen LogP contribution in [0.1, 0.15) is 0 Å². The van der Waals surface area contributed by atoms with Crippen LogP contribution in [0, 0.1) is 10.8 Å². The number of rotatable bonds is 12. The highest BCUT2D eigenvalue weighted by Crippen LogP contribution is 2.40. The normalized spacial score (nSPS) is 14.2. The molecule has 4 N–H and O–H groups in total. The van der Waals surface area contributed by atoms with Gasteiger partial charge in [-0.2, -0.15) is 10.2 Å². The molecule has 9 aromatic carbocycles. The van der Waals surface area contributed by atoms with Gasteiger partial charge < -0.3 is 9.80 Å². The zero-order valence-electron chi connectivity index (χ0n) is 38.0. The first-order valence-electron chi connectivity index (χ1n) is 23.1. The summed E-state index contributed by atoms with van der Waals surface area (Å²) < 4.78 is 0. The Balaban J connectivity index is 0.838. The van der Waals surface area contributed by atoms with E-state index in [2.05, 4.69) is 213 Å². The smallest absolute Gasteiger partial charge is 0.108 e. The summed E-state index contributed by atoms with van der Waals surface area (Å²) >= 11 is 0. The largest absolute Gasteiger partial charge is 0.310 e. The van der Waals surface area contributed by atoms with Gasteiger partial charge >= 0.3 is 0 Å². The van der Waals surface area contributed by atoms with Gasteiger partial charge in [0.2, 0.25) is 0 Å². The van der Waals surface area contributed by atoms with E-state index in [0.717, 1.165) is 67.8 Å². The maximum atomic E-state index is 8.15. The lowest BCUT2D eigenvalue weighted by Gasteiger charge is -2.26. The Morgan fingerprint density at radius 2 is 0.600 bits per heavy atom. The predicted molar refractivity (Wildman–Crippen MR) is 296 cm³/mol. The number of hydrogen-bond donors (Lipinski definition) is 4. The van der Waals surface area contributed by atoms with E-state index in [0.29, 0.717) is 22.8 Å². The van der Waals surface area contributed by atoms with Crippen molar-refractivity contribution in [3.63, 3.8) is 0 Å². The molecule has 0 radical (unpaired) electrons. The summed E-state index contributed by atoms with van der Waals surface area (Å²) in [5, 5.41) is 29.9. The van der Waals surface area contributed by atoms with Crippen molar-refractivity contribution >= 4 is 89.9 Å². The monoisotopic (exact) mass is 902 g/mol. The third-order valence-corrected chi connectivity index (χ3v) is 12.5. The van der Waals surface area contributed by atoms with Crippen LogP contribution in [0.3, 0.4) is 0 Å². The molecular weight excluding hydrogens is 857 g/mol. The second kappa shape index (κ2) is 19.3. The van der Waals surface area contributed by atoms with Crippen LogP contribution in [0.4, 0.5) is 45.5 Å². The summed E-state index contributed by atoms with van der Waals surface area (Å²) in [4.78, 5) is 4.55. The van der Waals surface area contributed by atoms with Crippen LogP contribution >= 0.6 is 0 Å². The molecule has 0 heterocycles. The molecule has 9 aromatic rings. The van der Waals surface area contributed by atoms with Gasteiger partial charge in [-0.1, -0.05) is 133 Å². The topological polar surface area (TPSA) is 103 Å². The van der Waals surface area contributed by atoms with E-state index in [-0.39, 0.29) is 0 Å². The fraction of sp³-hybridized carbons (Fsp3) is 0. The SMILES string of the molecule is N=C1C=CC=C/C1=N/Nc1ccc(N(c2ccc(-c3ccc(-c4ccc(N(c5ccc(N/N=C6/C=CC=CC6=N)cc5)c5ccc6ccccc6c5)cc4)cc3)cc2)c2ccc3ccccc3c2)cc1. The molecule has 0 atom stereocenters. The minimum Gasteiger partial charge on any atom is -0.310 e. The third kappa shape index (κ3) is 9.21. The minimum atomic E-state index is 0.371. The lowest BCUT2D eigenvalue weighted by molar-refractivity contribution is 1.28. The average Bonchev–Trinajstić information content (AvgIpc) is 3.42. The van der Waals surface area contributed by atoms with Crippen molar-refractivity contribution in [1.82, 2.24) is 0 Å². The van der Waals surface area contributed by atoms with Crippen LogP contribution < -0.4 is 20.7 Å². The van der Waals surface area contributed by atoms with E-state index in [4.69, 9.17) is 10.8 Å². The van der Waals surface area contributed by atoms with Gasteiger partial charge in [0.15, 0.2) is 0 Å². The molecule has 0 spiro atoms. The summed E-state index contributed by atoms with van der Waals surface area (Å²) in [6, 6.07) is 72.7. The summed E-state index contributed by atoms with van der Waals surface area (Å²) in [6.07, 6.45) is 14.6. The highest BCUT2D eigenvalue weighted by Gasteiger charge is 2.16. The molecule has 11 rings (SSSR count). The number of hydrogen-bond acceptors (Lipinski definition) is 8. The zero-order valence-corrected chi connectivity index (χ0v) is 38.0. The van der Waals surface area contributed by atoms with Gasteiger partial charge in [-0.25, -0.2) is 0 Å². The molecule has 0 amide bonds. The molecule has 334 valence electrons. The number of benzene rings is 9. The second-order valence-corrected chi connectivity index (χ2v) is 17.0. The first-order valence-corrected chi connectivity index (χ1v) is 23.1. The molecule has 8 heteroatoms. The van der Waals surface area contributed by atoms with Gasteiger partial charge in [0.25, 0.3) is 0 Å². The van der Waals surface area contributed by atoms with Gasteiger partial charge in [0.05, 0.1) is 22.8 Å². The molecule has 0 fully saturated rings. The fourth-order valence-corrected chi connectivity index (χ4v) is 8.75. The summed E-state index contributed by atoms with van der Waals surface area (Å²) in [5.74, 6) is 0. The lowest BCUT2D eigenvalue weighted by Crippen LogP contribution is -2.12. The van der Waals surface area contributed by atoms with E-state index in [9.17, 15) is 0 Å². The molecule has 2 aliphatic rings. The Morgan fingerprint density at radius 1 is 0.300 bits per heavy atom. The van der Waals surface area contributed by atoms with Gasteiger partial charge in [0.1, 0.15) is 11.4 Å². The molecule has 2 aliphatic carbocycles. The van der Waals surface area contributed by atoms with Crippen LogP contribution in [0.25, 0.3) is 43.8 Å². The van der Waals surface area contributed by atoms with Gasteiger partial charge in [-0.15, -0.1) is 0 Å². The van der Waals surface area contributed by atoms with Crippen LogP contribution in [0.15, 0.2) is 265 Å². The Morgan fingerprint density at radius 3 is 0.957 bits per heavy atom. The maximum Gasteiger partial charge on any atom is 0.108 e. The first-order chi connectivity index (χ1) is 34.5. The van der Waals surface area contributed by atoms with Crippen molar-refractivity contribution in [3.05, 3.63) is 255 Å². The second-order valence-electron chi connectivity index (χ2n) is 17.0. The average molecular weight is 903 g/mol. The number of nitrogens with one attached hydrogen (secondary N) is 4. The fourth-order valence-electron chi connectivity index (χ4n) is 8.75. The van der Waals surface area contributed by atoms with Crippen LogP contribution in [-0.2, 0) is 0 Å². The van der Waals surface area contributed by atoms with Crippen LogP contribution in [0.5, 0.6) is 0 Å². The number of anilines is 8. The van der Waals surface area contributed by atoms with E-state index in [1.165, 1.54) is 21.5 Å². The summed E-state index contributed by atoms with van der Waals surface area (Å²) in [5.41, 5.74) is 20.6. The molecular formula is C62H46N8. The Labute approximate surface area is 406 Å². The summed E-state index contributed by atoms with van der Waals surface area (Å²) in [7, 11) is 0. The molecule has 70 heavy (non-hydrogen) atoms. The number of allylic oxidation sites excluding steroid dienone is 8. The van der Waals surface area contributed by atoms with E-state index in [1.807, 2.05) is 60.7 Å². The molecule has 0 aromatic heterocycles.